The summed E-state index contributed by atoms with van der Waals surface area (Å²) in [6.45, 7) is 0.182. The lowest BCUT2D eigenvalue weighted by Gasteiger charge is -2.33. The number of nitrogens with zero attached hydrogens (tertiary/aromatic N) is 3. The number of hydrogen-bond acceptors (Lipinski definition) is 9. The fourth-order valence-electron chi connectivity index (χ4n) is 3.38. The molecule has 0 saturated carbocycles. The number of rotatable bonds is 24. The third-order valence-electron chi connectivity index (χ3n) is 5.65. The van der Waals surface area contributed by atoms with E-state index in [0.717, 1.165) is 0 Å². The smallest absolute Gasteiger partial charge is 0.306 e. The van der Waals surface area contributed by atoms with Crippen LogP contribution >= 0.6 is 23.0 Å². The number of hydrogen-bond donors (Lipinski definition) is 0. The molecule has 2 atom stereocenters. The van der Waals surface area contributed by atoms with Gasteiger partial charge in [0.05, 0.1) is 39.6 Å². The van der Waals surface area contributed by atoms with Gasteiger partial charge in [0.1, 0.15) is 0 Å². The molecular formula is C24H42F12N3O6P3. The Bertz CT molecular complexity index is 1040. The fourth-order valence-corrected chi connectivity index (χ4v) is 13.1. The van der Waals surface area contributed by atoms with E-state index in [2.05, 4.69) is 13.5 Å². The van der Waals surface area contributed by atoms with Crippen LogP contribution in [0.1, 0.15) is 90.9 Å². The molecule has 1 aliphatic rings. The van der Waals surface area contributed by atoms with E-state index < -0.39 is 125 Å². The zero-order chi connectivity index (χ0) is 36.6. The molecule has 0 aromatic carbocycles. The van der Waals surface area contributed by atoms with Gasteiger partial charge in [-0.3, -0.25) is 0 Å². The van der Waals surface area contributed by atoms with Crippen LogP contribution in [0.4, 0.5) is 52.7 Å². The van der Waals surface area contributed by atoms with Gasteiger partial charge >= 0.3 is 47.7 Å². The summed E-state index contributed by atoms with van der Waals surface area (Å²) >= 11 is 0. The van der Waals surface area contributed by atoms with Crippen LogP contribution in [-0.4, -0.2) is 64.3 Å². The van der Waals surface area contributed by atoms with Crippen molar-refractivity contribution in [1.82, 2.24) is 0 Å². The van der Waals surface area contributed by atoms with Crippen LogP contribution in [0.25, 0.3) is 0 Å². The third-order valence-corrected chi connectivity index (χ3v) is 14.2. The summed E-state index contributed by atoms with van der Waals surface area (Å²) in [6, 6.07) is 0. The topological polar surface area (TPSA) is 92.5 Å². The largest absolute Gasteiger partial charge is 0.389 e. The Hall–Kier alpha value is -0.390. The minimum Gasteiger partial charge on any atom is -0.306 e. The number of unbranched alkanes of at least 4 members (excludes halogenated alkanes) is 2. The van der Waals surface area contributed by atoms with Crippen LogP contribution in [-0.2, 0) is 27.1 Å². The molecule has 0 amide bonds. The molecule has 2 unspecified atom stereocenters. The van der Waals surface area contributed by atoms with E-state index in [0.29, 0.717) is 25.7 Å². The Morgan fingerprint density at radius 3 is 0.708 bits per heavy atom. The Morgan fingerprint density at radius 2 is 0.542 bits per heavy atom. The van der Waals surface area contributed by atoms with E-state index in [1.165, 1.54) is 0 Å². The van der Waals surface area contributed by atoms with Gasteiger partial charge in [0.2, 0.25) is 0 Å². The fraction of sp³-hybridized carbons (Fsp3) is 1.00. The molecule has 1 aliphatic heterocycles. The van der Waals surface area contributed by atoms with Crippen LogP contribution in [0.15, 0.2) is 13.5 Å². The minimum absolute atomic E-state index is 0.193. The second kappa shape index (κ2) is 20.6. The van der Waals surface area contributed by atoms with E-state index in [-0.39, 0.29) is 13.2 Å². The van der Waals surface area contributed by atoms with Crippen LogP contribution in [0.3, 0.4) is 0 Å². The first kappa shape index (κ1) is 45.6. The summed E-state index contributed by atoms with van der Waals surface area (Å²) in [5.74, 6) is 0. The average Bonchev–Trinajstić information content (AvgIpc) is 2.93. The second-order valence-electron chi connectivity index (χ2n) is 10.3. The van der Waals surface area contributed by atoms with Crippen LogP contribution in [0, 0.1) is 0 Å². The molecule has 0 N–H and O–H groups in total. The zero-order valence-electron chi connectivity index (χ0n) is 26.4. The standard InChI is InChI=1S/C24H42F12N3O6P3/c1-3-5-15-40-46(42-17-7-11-21(25,26)27)37-47(41-16-6-4-2,43-18-8-12-22(28,29)30)39-48(38-46,44-19-9-13-23(31,32)33)45-20-10-14-24(34,35)36/h3-20H2,1-2H3. The zero-order valence-corrected chi connectivity index (χ0v) is 29.1. The van der Waals surface area contributed by atoms with Crippen LogP contribution in [0.2, 0.25) is 0 Å². The SMILES string of the molecule is CCCCOP1(OCCCC(F)(F)F)=NP(OCCCC)(OCCCC(F)(F)F)=NP(OCCCC(F)(F)F)(OCCCC(F)(F)F)=N1. The molecular weight excluding hydrogens is 747 g/mol. The Morgan fingerprint density at radius 1 is 0.354 bits per heavy atom. The van der Waals surface area contributed by atoms with E-state index in [4.69, 9.17) is 27.1 Å². The van der Waals surface area contributed by atoms with Gasteiger partial charge in [0, 0.05) is 25.7 Å². The Balaban J connectivity index is 3.85. The van der Waals surface area contributed by atoms with Crippen molar-refractivity contribution >= 4 is 23.0 Å². The van der Waals surface area contributed by atoms with Gasteiger partial charge < -0.3 is 27.1 Å². The molecule has 24 heteroatoms. The van der Waals surface area contributed by atoms with E-state index in [1.54, 1.807) is 13.8 Å². The normalized spacial score (nSPS) is 21.9. The summed E-state index contributed by atoms with van der Waals surface area (Å²) in [4.78, 5) is 0. The summed E-state index contributed by atoms with van der Waals surface area (Å²) < 4.78 is 202. The van der Waals surface area contributed by atoms with Crippen LogP contribution in [0.5, 0.6) is 0 Å². The summed E-state index contributed by atoms with van der Waals surface area (Å²) in [7, 11) is -13.1. The molecule has 0 aromatic heterocycles. The molecule has 48 heavy (non-hydrogen) atoms. The molecule has 0 bridgehead atoms. The van der Waals surface area contributed by atoms with Crippen molar-refractivity contribution in [1.29, 1.82) is 0 Å². The molecule has 1 heterocycles. The molecule has 0 spiro atoms. The summed E-state index contributed by atoms with van der Waals surface area (Å²) in [5.41, 5.74) is 0. The first-order chi connectivity index (χ1) is 22.1. The van der Waals surface area contributed by atoms with Crippen molar-refractivity contribution in [3.63, 3.8) is 0 Å². The van der Waals surface area contributed by atoms with Gasteiger partial charge in [-0.15, -0.1) is 13.5 Å². The maximum atomic E-state index is 12.9. The van der Waals surface area contributed by atoms with Gasteiger partial charge in [-0.25, -0.2) is 0 Å². The van der Waals surface area contributed by atoms with Gasteiger partial charge in [0.25, 0.3) is 0 Å². The van der Waals surface area contributed by atoms with E-state index >= 15 is 0 Å². The molecule has 1 rings (SSSR count). The Kier molecular flexibility index (Phi) is 19.6. The molecule has 0 fully saturated rings. The second-order valence-corrected chi connectivity index (χ2v) is 17.0. The minimum atomic E-state index is -4.62. The molecule has 288 valence electrons. The highest BCUT2D eigenvalue weighted by molar-refractivity contribution is 7.78. The van der Waals surface area contributed by atoms with Crippen molar-refractivity contribution in [3.05, 3.63) is 0 Å². The highest BCUT2D eigenvalue weighted by atomic mass is 31.3. The van der Waals surface area contributed by atoms with E-state index in [9.17, 15) is 52.7 Å². The molecule has 0 saturated heterocycles. The van der Waals surface area contributed by atoms with Crippen molar-refractivity contribution in [2.75, 3.05) is 39.6 Å². The van der Waals surface area contributed by atoms with Crippen molar-refractivity contribution in [3.8, 4) is 0 Å². The van der Waals surface area contributed by atoms with E-state index in [1.807, 2.05) is 0 Å². The van der Waals surface area contributed by atoms with Gasteiger partial charge in [-0.1, -0.05) is 26.7 Å². The third kappa shape index (κ3) is 21.1. The van der Waals surface area contributed by atoms with Crippen molar-refractivity contribution in [2.24, 2.45) is 13.5 Å². The molecule has 9 nitrogen and oxygen atoms in total. The molecule has 0 aliphatic carbocycles. The molecule has 0 aromatic rings. The summed E-state index contributed by atoms with van der Waals surface area (Å²) in [6.07, 6.45) is -24.7. The lowest BCUT2D eigenvalue weighted by molar-refractivity contribution is -0.137. The molecule has 0 radical (unpaired) electrons. The van der Waals surface area contributed by atoms with Gasteiger partial charge in [-0.2, -0.15) is 52.7 Å². The van der Waals surface area contributed by atoms with Crippen molar-refractivity contribution in [2.45, 2.75) is 116 Å². The quantitative estimate of drug-likeness (QED) is 0.0549. The summed E-state index contributed by atoms with van der Waals surface area (Å²) in [5, 5.41) is 0. The maximum Gasteiger partial charge on any atom is 0.389 e. The van der Waals surface area contributed by atoms with Gasteiger partial charge in [0.15, 0.2) is 0 Å². The number of halogens is 12. The maximum absolute atomic E-state index is 12.9. The average molecular weight is 790 g/mol. The predicted molar refractivity (Wildman–Crippen MR) is 155 cm³/mol. The first-order valence-electron chi connectivity index (χ1n) is 15.1. The predicted octanol–water partition coefficient (Wildman–Crippen LogP) is 12.9. The first-order valence-corrected chi connectivity index (χ1v) is 19.7. The van der Waals surface area contributed by atoms with Crippen molar-refractivity contribution < 1.29 is 79.8 Å². The lowest BCUT2D eigenvalue weighted by Crippen LogP contribution is -2.12. The highest BCUT2D eigenvalue weighted by Gasteiger charge is 2.44. The van der Waals surface area contributed by atoms with Crippen LogP contribution < -0.4 is 0 Å². The monoisotopic (exact) mass is 789 g/mol. The lowest BCUT2D eigenvalue weighted by atomic mass is 10.3. The van der Waals surface area contributed by atoms with Gasteiger partial charge in [-0.05, 0) is 38.5 Å². The highest BCUT2D eigenvalue weighted by Crippen LogP contribution is 2.80. The Labute approximate surface area is 271 Å². The number of alkyl halides is 12.